The Balaban J connectivity index is 1.59. The predicted molar refractivity (Wildman–Crippen MR) is 123 cm³/mol. The summed E-state index contributed by atoms with van der Waals surface area (Å²) in [5.74, 6) is -5.44. The van der Waals surface area contributed by atoms with Crippen LogP contribution in [0, 0.1) is 24.6 Å². The number of para-hydroxylation sites is 1. The van der Waals surface area contributed by atoms with Gasteiger partial charge in [0, 0.05) is 16.6 Å². The van der Waals surface area contributed by atoms with E-state index in [1.165, 1.54) is 12.4 Å². The van der Waals surface area contributed by atoms with Crippen LogP contribution in [0.3, 0.4) is 0 Å². The summed E-state index contributed by atoms with van der Waals surface area (Å²) in [7, 11) is 0. The molecule has 0 unspecified atom stereocenters. The Morgan fingerprint density at radius 2 is 1.77 bits per heavy atom. The molecule has 2 amide bonds. The third-order valence-electron chi connectivity index (χ3n) is 5.42. The lowest BCUT2D eigenvalue weighted by Gasteiger charge is -2.17. The van der Waals surface area contributed by atoms with E-state index in [4.69, 9.17) is 5.73 Å². The van der Waals surface area contributed by atoms with Gasteiger partial charge in [0.05, 0.1) is 17.1 Å². The maximum Gasteiger partial charge on any atom is 0.263 e. The summed E-state index contributed by atoms with van der Waals surface area (Å²) in [6, 6.07) is 11.2. The first-order valence-electron chi connectivity index (χ1n) is 10.4. The molecule has 0 aliphatic carbocycles. The Morgan fingerprint density at radius 1 is 1.03 bits per heavy atom. The standard InChI is InChI=1S/C24H19F3N6O2/c1-11-18(25)17(21(27)33-20(11)26)24(35)32-14-6-3-5-13(9-14)12(2)31-23-16-8-4-7-15(22(28)34)19(16)29-10-30-23/h3-10,12H,1-2H3,(H2,28,34)(H,32,35)(H,29,30,31)/t12-/m1/s1. The zero-order valence-electron chi connectivity index (χ0n) is 18.6. The van der Waals surface area contributed by atoms with Crippen molar-refractivity contribution in [3.63, 3.8) is 0 Å². The smallest absolute Gasteiger partial charge is 0.263 e. The molecule has 2 aromatic carbocycles. The molecular formula is C24H19F3N6O2. The van der Waals surface area contributed by atoms with Crippen molar-refractivity contribution in [1.82, 2.24) is 15.0 Å². The van der Waals surface area contributed by atoms with Crippen LogP contribution in [0.2, 0.25) is 0 Å². The summed E-state index contributed by atoms with van der Waals surface area (Å²) in [5, 5.41) is 6.22. The van der Waals surface area contributed by atoms with E-state index in [9.17, 15) is 22.8 Å². The van der Waals surface area contributed by atoms with E-state index in [2.05, 4.69) is 25.6 Å². The highest BCUT2D eigenvalue weighted by Gasteiger charge is 2.24. The average molecular weight is 480 g/mol. The topological polar surface area (TPSA) is 123 Å². The molecule has 4 N–H and O–H groups in total. The van der Waals surface area contributed by atoms with Gasteiger partial charge in [-0.1, -0.05) is 18.2 Å². The molecule has 0 radical (unpaired) electrons. The fraction of sp³-hybridized carbons (Fsp3) is 0.125. The van der Waals surface area contributed by atoms with Crippen molar-refractivity contribution in [1.29, 1.82) is 0 Å². The number of carbonyl (C=O) groups excluding carboxylic acids is 2. The lowest BCUT2D eigenvalue weighted by atomic mass is 10.1. The number of nitrogens with one attached hydrogen (secondary N) is 2. The number of nitrogens with two attached hydrogens (primary N) is 1. The van der Waals surface area contributed by atoms with Crippen molar-refractivity contribution in [3.05, 3.63) is 88.8 Å². The van der Waals surface area contributed by atoms with E-state index >= 15 is 0 Å². The maximum atomic E-state index is 14.3. The van der Waals surface area contributed by atoms with Crippen LogP contribution in [0.5, 0.6) is 0 Å². The summed E-state index contributed by atoms with van der Waals surface area (Å²) in [6.45, 7) is 2.89. The number of rotatable bonds is 6. The number of nitrogens with zero attached hydrogens (tertiary/aromatic N) is 3. The van der Waals surface area contributed by atoms with Gasteiger partial charge in [-0.05, 0) is 43.7 Å². The molecule has 2 aromatic heterocycles. The first kappa shape index (κ1) is 23.6. The average Bonchev–Trinajstić information content (AvgIpc) is 2.82. The van der Waals surface area contributed by atoms with Crippen LogP contribution in [0.15, 0.2) is 48.8 Å². The van der Waals surface area contributed by atoms with Crippen LogP contribution in [0.1, 0.15) is 44.8 Å². The minimum absolute atomic E-state index is 0.255. The number of halogens is 3. The molecule has 178 valence electrons. The Labute approximate surface area is 197 Å². The lowest BCUT2D eigenvalue weighted by molar-refractivity contribution is 0.0997. The van der Waals surface area contributed by atoms with Gasteiger partial charge in [-0.2, -0.15) is 13.8 Å². The first-order valence-corrected chi connectivity index (χ1v) is 10.4. The van der Waals surface area contributed by atoms with Gasteiger partial charge >= 0.3 is 0 Å². The quantitative estimate of drug-likeness (QED) is 0.354. The minimum atomic E-state index is -1.54. The number of amides is 2. The van der Waals surface area contributed by atoms with E-state index in [1.807, 2.05) is 6.92 Å². The van der Waals surface area contributed by atoms with E-state index < -0.39 is 40.7 Å². The monoisotopic (exact) mass is 480 g/mol. The lowest BCUT2D eigenvalue weighted by Crippen LogP contribution is -2.19. The molecule has 35 heavy (non-hydrogen) atoms. The van der Waals surface area contributed by atoms with E-state index in [0.29, 0.717) is 22.3 Å². The molecule has 4 aromatic rings. The number of hydrogen-bond donors (Lipinski definition) is 3. The van der Waals surface area contributed by atoms with Gasteiger partial charge in [-0.25, -0.2) is 14.4 Å². The molecule has 4 rings (SSSR count). The summed E-state index contributed by atoms with van der Waals surface area (Å²) >= 11 is 0. The van der Waals surface area contributed by atoms with Crippen molar-refractivity contribution in [2.75, 3.05) is 10.6 Å². The Kier molecular flexibility index (Phi) is 6.32. The normalized spacial score (nSPS) is 11.8. The highest BCUT2D eigenvalue weighted by atomic mass is 19.1. The highest BCUT2D eigenvalue weighted by Crippen LogP contribution is 2.27. The molecule has 11 heteroatoms. The second-order valence-electron chi connectivity index (χ2n) is 7.74. The van der Waals surface area contributed by atoms with Crippen molar-refractivity contribution in [3.8, 4) is 0 Å². The molecule has 1 atom stereocenters. The molecular weight excluding hydrogens is 461 g/mol. The van der Waals surface area contributed by atoms with Gasteiger partial charge in [0.1, 0.15) is 23.5 Å². The zero-order valence-corrected chi connectivity index (χ0v) is 18.6. The number of fused-ring (bicyclic) bond motifs is 1. The van der Waals surface area contributed by atoms with Crippen molar-refractivity contribution < 1.29 is 22.8 Å². The first-order chi connectivity index (χ1) is 16.7. The van der Waals surface area contributed by atoms with Gasteiger partial charge in [0.25, 0.3) is 11.8 Å². The van der Waals surface area contributed by atoms with Crippen LogP contribution >= 0.6 is 0 Å². The van der Waals surface area contributed by atoms with Crippen molar-refractivity contribution in [2.45, 2.75) is 19.9 Å². The van der Waals surface area contributed by atoms with Crippen LogP contribution in [0.25, 0.3) is 10.9 Å². The fourth-order valence-electron chi connectivity index (χ4n) is 3.56. The van der Waals surface area contributed by atoms with E-state index in [-0.39, 0.29) is 17.3 Å². The summed E-state index contributed by atoms with van der Waals surface area (Å²) in [4.78, 5) is 35.6. The second kappa shape index (κ2) is 9.37. The van der Waals surface area contributed by atoms with Gasteiger partial charge in [0.15, 0.2) is 0 Å². The number of anilines is 2. The van der Waals surface area contributed by atoms with Crippen LogP contribution in [0.4, 0.5) is 24.7 Å². The fourth-order valence-corrected chi connectivity index (χ4v) is 3.56. The molecule has 0 saturated carbocycles. The summed E-state index contributed by atoms with van der Waals surface area (Å²) < 4.78 is 41.7. The molecule has 2 heterocycles. The number of carbonyl (C=O) groups is 2. The number of aromatic nitrogens is 3. The zero-order chi connectivity index (χ0) is 25.3. The molecule has 0 spiro atoms. The van der Waals surface area contributed by atoms with Crippen LogP contribution < -0.4 is 16.4 Å². The number of hydrogen-bond acceptors (Lipinski definition) is 6. The molecule has 0 bridgehead atoms. The number of pyridine rings is 1. The number of benzene rings is 2. The van der Waals surface area contributed by atoms with Crippen molar-refractivity contribution in [2.24, 2.45) is 5.73 Å². The van der Waals surface area contributed by atoms with Crippen molar-refractivity contribution >= 4 is 34.2 Å². The van der Waals surface area contributed by atoms with Gasteiger partial charge in [-0.3, -0.25) is 9.59 Å². The third-order valence-corrected chi connectivity index (χ3v) is 5.42. The molecule has 0 aliphatic heterocycles. The Bertz CT molecular complexity index is 1480. The summed E-state index contributed by atoms with van der Waals surface area (Å²) in [6.07, 6.45) is 1.31. The summed E-state index contributed by atoms with van der Waals surface area (Å²) in [5.41, 5.74) is 5.52. The molecule has 0 aliphatic rings. The largest absolute Gasteiger partial charge is 0.366 e. The highest BCUT2D eigenvalue weighted by molar-refractivity contribution is 6.07. The second-order valence-corrected chi connectivity index (χ2v) is 7.74. The van der Waals surface area contributed by atoms with Gasteiger partial charge < -0.3 is 16.4 Å². The van der Waals surface area contributed by atoms with Gasteiger partial charge in [-0.15, -0.1) is 0 Å². The maximum absolute atomic E-state index is 14.3. The Morgan fingerprint density at radius 3 is 2.51 bits per heavy atom. The third kappa shape index (κ3) is 4.60. The Hall–Kier alpha value is -4.54. The van der Waals surface area contributed by atoms with Crippen LogP contribution in [-0.2, 0) is 0 Å². The number of primary amides is 1. The van der Waals surface area contributed by atoms with E-state index in [0.717, 1.165) is 6.92 Å². The van der Waals surface area contributed by atoms with Gasteiger partial charge in [0.2, 0.25) is 11.9 Å². The molecule has 0 saturated heterocycles. The van der Waals surface area contributed by atoms with E-state index in [1.54, 1.807) is 36.4 Å². The molecule has 8 nitrogen and oxygen atoms in total. The van der Waals surface area contributed by atoms with Crippen LogP contribution in [-0.4, -0.2) is 26.8 Å². The molecule has 0 fully saturated rings. The minimum Gasteiger partial charge on any atom is -0.366 e. The SMILES string of the molecule is Cc1c(F)nc(F)c(C(=O)Nc2cccc([C@@H](C)Nc3ncnc4c(C(N)=O)cccc34)c2)c1F. The predicted octanol–water partition coefficient (Wildman–Crippen LogP) is 4.27.